The average Bonchev–Trinajstić information content (AvgIpc) is 2.33. The quantitative estimate of drug-likeness (QED) is 0.835. The van der Waals surface area contributed by atoms with Gasteiger partial charge in [-0.15, -0.1) is 0 Å². The van der Waals surface area contributed by atoms with E-state index in [1.807, 2.05) is 25.7 Å². The van der Waals surface area contributed by atoms with Crippen LogP contribution in [-0.2, 0) is 0 Å². The Labute approximate surface area is 107 Å². The monoisotopic (exact) mass is 261 g/mol. The lowest BCUT2D eigenvalue weighted by Crippen LogP contribution is -2.25. The number of aromatic nitrogens is 3. The molecule has 0 amide bonds. The van der Waals surface area contributed by atoms with Crippen LogP contribution in [0.5, 0.6) is 0 Å². The third-order valence-electron chi connectivity index (χ3n) is 1.98. The van der Waals surface area contributed by atoms with Crippen molar-refractivity contribution in [2.24, 2.45) is 0 Å². The summed E-state index contributed by atoms with van der Waals surface area (Å²) >= 11 is 5.81. The molecule has 0 saturated carbocycles. The molecule has 0 unspecified atom stereocenters. The SMILES string of the molecule is CCNc1nc(Cl)nc(N(CC)CC)n1.CO. The van der Waals surface area contributed by atoms with Gasteiger partial charge in [0.25, 0.3) is 0 Å². The van der Waals surface area contributed by atoms with Gasteiger partial charge in [0, 0.05) is 26.7 Å². The number of aliphatic hydroxyl groups excluding tert-OH is 1. The molecule has 0 fully saturated rings. The van der Waals surface area contributed by atoms with Gasteiger partial charge >= 0.3 is 0 Å². The molecule has 6 nitrogen and oxygen atoms in total. The van der Waals surface area contributed by atoms with Crippen LogP contribution in [0, 0.1) is 0 Å². The Morgan fingerprint density at radius 2 is 1.71 bits per heavy atom. The zero-order valence-electron chi connectivity index (χ0n) is 10.7. The van der Waals surface area contributed by atoms with Gasteiger partial charge in [-0.2, -0.15) is 15.0 Å². The van der Waals surface area contributed by atoms with Gasteiger partial charge in [0.05, 0.1) is 0 Å². The van der Waals surface area contributed by atoms with Crippen LogP contribution in [0.3, 0.4) is 0 Å². The molecule has 0 aliphatic heterocycles. The molecule has 0 atom stereocenters. The number of rotatable bonds is 5. The van der Waals surface area contributed by atoms with Crippen LogP contribution in [0.15, 0.2) is 0 Å². The molecule has 2 N–H and O–H groups in total. The Kier molecular flexibility index (Phi) is 8.35. The van der Waals surface area contributed by atoms with Crippen molar-refractivity contribution in [3.8, 4) is 0 Å². The molecule has 1 heterocycles. The number of nitrogens with one attached hydrogen (secondary N) is 1. The Morgan fingerprint density at radius 3 is 2.18 bits per heavy atom. The molecule has 98 valence electrons. The number of nitrogens with zero attached hydrogens (tertiary/aromatic N) is 4. The van der Waals surface area contributed by atoms with Crippen molar-refractivity contribution in [2.45, 2.75) is 20.8 Å². The molecule has 0 aromatic carbocycles. The second-order valence-corrected chi connectivity index (χ2v) is 3.27. The second kappa shape index (κ2) is 8.95. The zero-order chi connectivity index (χ0) is 13.3. The first kappa shape index (κ1) is 15.9. The van der Waals surface area contributed by atoms with Crippen molar-refractivity contribution < 1.29 is 5.11 Å². The minimum absolute atomic E-state index is 0.225. The summed E-state index contributed by atoms with van der Waals surface area (Å²) in [5, 5.41) is 10.2. The summed E-state index contributed by atoms with van der Waals surface area (Å²) in [6.07, 6.45) is 0. The van der Waals surface area contributed by atoms with Gasteiger partial charge in [-0.3, -0.25) is 0 Å². The van der Waals surface area contributed by atoms with E-state index in [0.717, 1.165) is 26.7 Å². The molecule has 0 bridgehead atoms. The van der Waals surface area contributed by atoms with E-state index in [9.17, 15) is 0 Å². The average molecular weight is 262 g/mol. The molecule has 0 spiro atoms. The van der Waals surface area contributed by atoms with Crippen LogP contribution in [0.2, 0.25) is 5.28 Å². The number of hydrogen-bond acceptors (Lipinski definition) is 6. The molecule has 1 aromatic heterocycles. The van der Waals surface area contributed by atoms with Crippen LogP contribution < -0.4 is 10.2 Å². The summed E-state index contributed by atoms with van der Waals surface area (Å²) in [6.45, 7) is 8.54. The predicted octanol–water partition coefficient (Wildman–Crippen LogP) is 1.41. The predicted molar refractivity (Wildman–Crippen MR) is 70.7 cm³/mol. The van der Waals surface area contributed by atoms with E-state index in [-0.39, 0.29) is 5.28 Å². The third-order valence-corrected chi connectivity index (χ3v) is 2.15. The number of halogens is 1. The Balaban J connectivity index is 0.00000121. The van der Waals surface area contributed by atoms with Crippen molar-refractivity contribution in [1.82, 2.24) is 15.0 Å². The highest BCUT2D eigenvalue weighted by Gasteiger charge is 2.09. The van der Waals surface area contributed by atoms with E-state index in [4.69, 9.17) is 16.7 Å². The summed E-state index contributed by atoms with van der Waals surface area (Å²) < 4.78 is 0. The van der Waals surface area contributed by atoms with Crippen LogP contribution in [0.25, 0.3) is 0 Å². The normalized spacial score (nSPS) is 9.29. The zero-order valence-corrected chi connectivity index (χ0v) is 11.5. The lowest BCUT2D eigenvalue weighted by Gasteiger charge is -2.18. The van der Waals surface area contributed by atoms with Crippen molar-refractivity contribution in [2.75, 3.05) is 37.0 Å². The number of anilines is 2. The molecule has 0 saturated heterocycles. The van der Waals surface area contributed by atoms with E-state index in [0.29, 0.717) is 11.9 Å². The maximum atomic E-state index is 7.00. The molecule has 0 aliphatic carbocycles. The van der Waals surface area contributed by atoms with E-state index in [1.165, 1.54) is 0 Å². The Morgan fingerprint density at radius 1 is 1.12 bits per heavy atom. The van der Waals surface area contributed by atoms with Gasteiger partial charge in [0.15, 0.2) is 0 Å². The van der Waals surface area contributed by atoms with Crippen LogP contribution in [-0.4, -0.2) is 46.8 Å². The second-order valence-electron chi connectivity index (χ2n) is 2.93. The number of aliphatic hydroxyl groups is 1. The maximum Gasteiger partial charge on any atom is 0.231 e. The molecule has 7 heteroatoms. The third kappa shape index (κ3) is 5.14. The maximum absolute atomic E-state index is 7.00. The summed E-state index contributed by atoms with van der Waals surface area (Å²) in [5.74, 6) is 1.15. The molecule has 17 heavy (non-hydrogen) atoms. The minimum atomic E-state index is 0.225. The lowest BCUT2D eigenvalue weighted by atomic mass is 10.5. The van der Waals surface area contributed by atoms with E-state index in [1.54, 1.807) is 0 Å². The van der Waals surface area contributed by atoms with Crippen LogP contribution in [0.4, 0.5) is 11.9 Å². The van der Waals surface area contributed by atoms with E-state index >= 15 is 0 Å². The summed E-state index contributed by atoms with van der Waals surface area (Å²) in [6, 6.07) is 0. The van der Waals surface area contributed by atoms with Crippen LogP contribution >= 0.6 is 11.6 Å². The fourth-order valence-electron chi connectivity index (χ4n) is 1.22. The lowest BCUT2D eigenvalue weighted by molar-refractivity contribution is 0.399. The van der Waals surface area contributed by atoms with Gasteiger partial charge < -0.3 is 15.3 Å². The van der Waals surface area contributed by atoms with E-state index in [2.05, 4.69) is 20.3 Å². The summed E-state index contributed by atoms with van der Waals surface area (Å²) in [4.78, 5) is 14.4. The van der Waals surface area contributed by atoms with Crippen LogP contribution in [0.1, 0.15) is 20.8 Å². The molecular weight excluding hydrogens is 242 g/mol. The molecule has 1 aromatic rings. The first-order chi connectivity index (χ1) is 8.21. The summed E-state index contributed by atoms with van der Waals surface area (Å²) in [5.41, 5.74) is 0. The van der Waals surface area contributed by atoms with Gasteiger partial charge in [0.2, 0.25) is 17.2 Å². The van der Waals surface area contributed by atoms with Gasteiger partial charge in [0.1, 0.15) is 0 Å². The van der Waals surface area contributed by atoms with Crippen molar-refractivity contribution in [3.05, 3.63) is 5.28 Å². The van der Waals surface area contributed by atoms with Gasteiger partial charge in [-0.05, 0) is 32.4 Å². The first-order valence-electron chi connectivity index (χ1n) is 5.56. The highest BCUT2D eigenvalue weighted by molar-refractivity contribution is 6.28. The molecule has 1 rings (SSSR count). The topological polar surface area (TPSA) is 74.2 Å². The molecular formula is C10H20ClN5O. The highest BCUT2D eigenvalue weighted by atomic mass is 35.5. The van der Waals surface area contributed by atoms with Gasteiger partial charge in [-0.1, -0.05) is 0 Å². The largest absolute Gasteiger partial charge is 0.400 e. The van der Waals surface area contributed by atoms with Crippen molar-refractivity contribution >= 4 is 23.5 Å². The highest BCUT2D eigenvalue weighted by Crippen LogP contribution is 2.13. The van der Waals surface area contributed by atoms with Crippen molar-refractivity contribution in [1.29, 1.82) is 0 Å². The smallest absolute Gasteiger partial charge is 0.231 e. The van der Waals surface area contributed by atoms with Crippen molar-refractivity contribution in [3.63, 3.8) is 0 Å². The minimum Gasteiger partial charge on any atom is -0.400 e. The van der Waals surface area contributed by atoms with Gasteiger partial charge in [-0.25, -0.2) is 0 Å². The molecule has 0 aliphatic rings. The molecule has 0 radical (unpaired) electrons. The Hall–Kier alpha value is -1.14. The fourth-order valence-corrected chi connectivity index (χ4v) is 1.38. The number of hydrogen-bond donors (Lipinski definition) is 2. The summed E-state index contributed by atoms with van der Waals surface area (Å²) in [7, 11) is 1.00. The van der Waals surface area contributed by atoms with E-state index < -0.39 is 0 Å². The Bertz CT molecular complexity index is 320. The fraction of sp³-hybridized carbons (Fsp3) is 0.700. The first-order valence-corrected chi connectivity index (χ1v) is 5.94. The standard InChI is InChI=1S/C9H16ClN5.CH4O/c1-4-11-8-12-7(10)13-9(14-8)15(5-2)6-3;1-2/h4-6H2,1-3H3,(H,11,12,13,14);2H,1H3.